The molecular formula is C16H15N3O4. The molecule has 0 radical (unpaired) electrons. The largest absolute Gasteiger partial charge is 0.496 e. The van der Waals surface area contributed by atoms with Gasteiger partial charge < -0.3 is 14.3 Å². The van der Waals surface area contributed by atoms with Crippen LogP contribution < -0.4 is 4.74 Å². The molecule has 3 aromatic rings. The quantitative estimate of drug-likeness (QED) is 0.778. The molecule has 0 bridgehead atoms. The maximum atomic E-state index is 10.9. The number of aromatic carboxylic acids is 1. The standard InChI is InChI=1S/C16H15N3O4/c1-10-3-5-14(22-2)12(7-10)13-8-17-18-19(13)9-11-4-6-15(23-11)16(20)21/h3-8H,9H2,1-2H3,(H,20,21). The van der Waals surface area contributed by atoms with Gasteiger partial charge in [0.25, 0.3) is 0 Å². The van der Waals surface area contributed by atoms with Gasteiger partial charge in [-0.15, -0.1) is 5.10 Å². The first-order valence-electron chi connectivity index (χ1n) is 6.94. The van der Waals surface area contributed by atoms with Crippen LogP contribution in [0.5, 0.6) is 5.75 Å². The Kier molecular flexibility index (Phi) is 3.84. The minimum atomic E-state index is -1.10. The van der Waals surface area contributed by atoms with Crippen LogP contribution in [0.15, 0.2) is 40.9 Å². The van der Waals surface area contributed by atoms with Crippen molar-refractivity contribution in [3.63, 3.8) is 0 Å². The van der Waals surface area contributed by atoms with Gasteiger partial charge in [0.05, 0.1) is 19.0 Å². The Morgan fingerprint density at radius 1 is 1.35 bits per heavy atom. The fraction of sp³-hybridized carbons (Fsp3) is 0.188. The van der Waals surface area contributed by atoms with Crippen LogP contribution in [0.3, 0.4) is 0 Å². The highest BCUT2D eigenvalue weighted by atomic mass is 16.5. The molecular weight excluding hydrogens is 298 g/mol. The second kappa shape index (κ2) is 5.96. The van der Waals surface area contributed by atoms with E-state index in [1.54, 1.807) is 24.1 Å². The van der Waals surface area contributed by atoms with Crippen molar-refractivity contribution in [1.29, 1.82) is 0 Å². The summed E-state index contributed by atoms with van der Waals surface area (Å²) in [7, 11) is 1.61. The number of methoxy groups -OCH3 is 1. The van der Waals surface area contributed by atoms with Crippen LogP contribution >= 0.6 is 0 Å². The molecule has 0 atom stereocenters. The zero-order valence-corrected chi connectivity index (χ0v) is 12.7. The zero-order valence-electron chi connectivity index (χ0n) is 12.7. The molecule has 0 spiro atoms. The SMILES string of the molecule is COc1ccc(C)cc1-c1cnnn1Cc1ccc(C(=O)O)o1. The monoisotopic (exact) mass is 313 g/mol. The molecule has 0 aliphatic heterocycles. The van der Waals surface area contributed by atoms with E-state index in [0.29, 0.717) is 11.5 Å². The van der Waals surface area contributed by atoms with Gasteiger partial charge in [-0.05, 0) is 31.2 Å². The highest BCUT2D eigenvalue weighted by Crippen LogP contribution is 2.30. The van der Waals surface area contributed by atoms with E-state index in [1.807, 2.05) is 25.1 Å². The molecule has 0 fully saturated rings. The van der Waals surface area contributed by atoms with E-state index in [4.69, 9.17) is 14.3 Å². The number of hydrogen-bond acceptors (Lipinski definition) is 5. The highest BCUT2D eigenvalue weighted by Gasteiger charge is 2.15. The topological polar surface area (TPSA) is 90.4 Å². The molecule has 1 N–H and O–H groups in total. The number of nitrogens with zero attached hydrogens (tertiary/aromatic N) is 3. The molecule has 2 aromatic heterocycles. The van der Waals surface area contributed by atoms with E-state index in [1.165, 1.54) is 6.07 Å². The van der Waals surface area contributed by atoms with Gasteiger partial charge in [0.1, 0.15) is 18.1 Å². The third-order valence-corrected chi connectivity index (χ3v) is 3.43. The summed E-state index contributed by atoms with van der Waals surface area (Å²) in [6, 6.07) is 8.86. The van der Waals surface area contributed by atoms with Crippen LogP contribution in [0.25, 0.3) is 11.3 Å². The number of carboxylic acid groups (broad SMARTS) is 1. The fourth-order valence-electron chi connectivity index (χ4n) is 2.33. The van der Waals surface area contributed by atoms with Crippen LogP contribution in [0.2, 0.25) is 0 Å². The summed E-state index contributed by atoms with van der Waals surface area (Å²) in [6.07, 6.45) is 1.64. The molecule has 7 heteroatoms. The summed E-state index contributed by atoms with van der Waals surface area (Å²) in [6.45, 7) is 2.27. The van der Waals surface area contributed by atoms with Crippen molar-refractivity contribution in [2.45, 2.75) is 13.5 Å². The van der Waals surface area contributed by atoms with Crippen LogP contribution in [0.1, 0.15) is 21.9 Å². The van der Waals surface area contributed by atoms with Crippen molar-refractivity contribution in [1.82, 2.24) is 15.0 Å². The molecule has 0 aliphatic carbocycles. The molecule has 0 saturated carbocycles. The Bertz CT molecular complexity index is 851. The number of rotatable bonds is 5. The van der Waals surface area contributed by atoms with E-state index in [9.17, 15) is 4.79 Å². The lowest BCUT2D eigenvalue weighted by molar-refractivity contribution is 0.0660. The van der Waals surface area contributed by atoms with Crippen molar-refractivity contribution in [3.05, 3.63) is 53.6 Å². The van der Waals surface area contributed by atoms with Gasteiger partial charge in [0, 0.05) is 5.56 Å². The molecule has 118 valence electrons. The maximum Gasteiger partial charge on any atom is 0.371 e. The van der Waals surface area contributed by atoms with Crippen molar-refractivity contribution < 1.29 is 19.1 Å². The fourth-order valence-corrected chi connectivity index (χ4v) is 2.33. The summed E-state index contributed by atoms with van der Waals surface area (Å²) in [5, 5.41) is 16.9. The van der Waals surface area contributed by atoms with Gasteiger partial charge in [0.15, 0.2) is 0 Å². The molecule has 1 aromatic carbocycles. The van der Waals surface area contributed by atoms with E-state index in [-0.39, 0.29) is 12.3 Å². The Labute approximate surface area is 132 Å². The number of aryl methyl sites for hydroxylation is 1. The summed E-state index contributed by atoms with van der Waals surface area (Å²) < 4.78 is 12.3. The van der Waals surface area contributed by atoms with Crippen LogP contribution in [0.4, 0.5) is 0 Å². The molecule has 0 unspecified atom stereocenters. The average molecular weight is 313 g/mol. The van der Waals surface area contributed by atoms with E-state index >= 15 is 0 Å². The molecule has 2 heterocycles. The molecule has 0 aliphatic rings. The molecule has 7 nitrogen and oxygen atoms in total. The van der Waals surface area contributed by atoms with Crippen LogP contribution in [-0.2, 0) is 6.54 Å². The summed E-state index contributed by atoms with van der Waals surface area (Å²) in [5.41, 5.74) is 2.71. The number of hydrogen-bond donors (Lipinski definition) is 1. The number of furan rings is 1. The number of carbonyl (C=O) groups is 1. The zero-order chi connectivity index (χ0) is 16.4. The second-order valence-corrected chi connectivity index (χ2v) is 5.05. The Morgan fingerprint density at radius 2 is 2.17 bits per heavy atom. The first kappa shape index (κ1) is 14.8. The minimum absolute atomic E-state index is 0.102. The Hall–Kier alpha value is -3.09. The molecule has 3 rings (SSSR count). The third-order valence-electron chi connectivity index (χ3n) is 3.43. The highest BCUT2D eigenvalue weighted by molar-refractivity contribution is 5.84. The first-order chi connectivity index (χ1) is 11.1. The second-order valence-electron chi connectivity index (χ2n) is 5.05. The number of carboxylic acids is 1. The van der Waals surface area contributed by atoms with Crippen LogP contribution in [-0.4, -0.2) is 33.2 Å². The van der Waals surface area contributed by atoms with Crippen molar-refractivity contribution in [3.8, 4) is 17.0 Å². The minimum Gasteiger partial charge on any atom is -0.496 e. The summed E-state index contributed by atoms with van der Waals surface area (Å²) in [4.78, 5) is 10.9. The summed E-state index contributed by atoms with van der Waals surface area (Å²) in [5.74, 6) is -0.00388. The van der Waals surface area contributed by atoms with Crippen molar-refractivity contribution in [2.75, 3.05) is 7.11 Å². The smallest absolute Gasteiger partial charge is 0.371 e. The van der Waals surface area contributed by atoms with Crippen molar-refractivity contribution in [2.24, 2.45) is 0 Å². The lowest BCUT2D eigenvalue weighted by Crippen LogP contribution is -2.04. The average Bonchev–Trinajstić information content (AvgIpc) is 3.17. The van der Waals surface area contributed by atoms with Gasteiger partial charge in [-0.25, -0.2) is 9.48 Å². The van der Waals surface area contributed by atoms with Gasteiger partial charge in [-0.2, -0.15) is 0 Å². The van der Waals surface area contributed by atoms with Gasteiger partial charge >= 0.3 is 5.97 Å². The molecule has 0 saturated heterocycles. The van der Waals surface area contributed by atoms with Crippen molar-refractivity contribution >= 4 is 5.97 Å². The first-order valence-corrected chi connectivity index (χ1v) is 6.94. The van der Waals surface area contributed by atoms with Crippen LogP contribution in [0, 0.1) is 6.92 Å². The maximum absolute atomic E-state index is 10.9. The number of benzene rings is 1. The Morgan fingerprint density at radius 3 is 2.87 bits per heavy atom. The lowest BCUT2D eigenvalue weighted by Gasteiger charge is -2.10. The predicted molar refractivity (Wildman–Crippen MR) is 81.5 cm³/mol. The number of aromatic nitrogens is 3. The van der Waals surface area contributed by atoms with E-state index in [2.05, 4.69) is 10.3 Å². The normalized spacial score (nSPS) is 10.7. The van der Waals surface area contributed by atoms with E-state index in [0.717, 1.165) is 16.8 Å². The Balaban J connectivity index is 1.96. The van der Waals surface area contributed by atoms with E-state index < -0.39 is 5.97 Å². The molecule has 0 amide bonds. The van der Waals surface area contributed by atoms with Gasteiger partial charge in [-0.3, -0.25) is 0 Å². The predicted octanol–water partition coefficient (Wildman–Crippen LogP) is 2.60. The van der Waals surface area contributed by atoms with Gasteiger partial charge in [-0.1, -0.05) is 16.8 Å². The van der Waals surface area contributed by atoms with Gasteiger partial charge in [0.2, 0.25) is 5.76 Å². The third kappa shape index (κ3) is 2.94. The number of ether oxygens (including phenoxy) is 1. The lowest BCUT2D eigenvalue weighted by atomic mass is 10.1. The molecule has 23 heavy (non-hydrogen) atoms. The summed E-state index contributed by atoms with van der Waals surface area (Å²) >= 11 is 0.